The van der Waals surface area contributed by atoms with Crippen LogP contribution in [0.3, 0.4) is 0 Å². The molecule has 2 aromatic rings. The highest BCUT2D eigenvalue weighted by molar-refractivity contribution is 5.86. The molecule has 10 nitrogen and oxygen atoms in total. The number of ether oxygens (including phenoxy) is 2. The number of aliphatic hydroxyl groups excluding tert-OH is 2. The number of rotatable bonds is 4. The molecular weight excluding hydrogens is 342 g/mol. The summed E-state index contributed by atoms with van der Waals surface area (Å²) in [6, 6.07) is 0. The Kier molecular flexibility index (Phi) is 4.82. The molecular formula is C16H23N5O5. The van der Waals surface area contributed by atoms with E-state index in [4.69, 9.17) is 15.2 Å². The number of nitrogens with zero attached hydrogens (tertiary/aromatic N) is 4. The van der Waals surface area contributed by atoms with Gasteiger partial charge >= 0.3 is 5.97 Å². The Balaban J connectivity index is 1.96. The molecule has 1 fully saturated rings. The molecule has 10 heteroatoms. The van der Waals surface area contributed by atoms with Gasteiger partial charge in [0.1, 0.15) is 29.2 Å². The summed E-state index contributed by atoms with van der Waals surface area (Å²) in [7, 11) is 0. The average Bonchev–Trinajstić information content (AvgIpc) is 3.12. The number of fused-ring (bicyclic) bond motifs is 1. The van der Waals surface area contributed by atoms with Crippen LogP contribution in [0.15, 0.2) is 6.33 Å². The van der Waals surface area contributed by atoms with Gasteiger partial charge in [0, 0.05) is 6.42 Å². The van der Waals surface area contributed by atoms with Crippen LogP contribution in [0.5, 0.6) is 0 Å². The molecule has 26 heavy (non-hydrogen) atoms. The standard InChI is InChI=1S/C16H23N5O5/c1-16(2,3)15(24)25-7-21-12-10(18-6-19-14(12)17)11(20-21)13-9(23)4-8(5-22)26-13/h6,8-9,13,22-23H,4-5,7H2,1-3H3,(H2,17,18,19)/t8-,9+,13+/m0/s1. The Morgan fingerprint density at radius 2 is 2.19 bits per heavy atom. The Morgan fingerprint density at radius 1 is 1.46 bits per heavy atom. The second-order valence-electron chi connectivity index (χ2n) is 7.32. The van der Waals surface area contributed by atoms with Gasteiger partial charge in [-0.15, -0.1) is 0 Å². The highest BCUT2D eigenvalue weighted by Crippen LogP contribution is 2.36. The number of hydrogen-bond acceptors (Lipinski definition) is 9. The summed E-state index contributed by atoms with van der Waals surface area (Å²) < 4.78 is 12.4. The van der Waals surface area contributed by atoms with Gasteiger partial charge in [-0.05, 0) is 20.8 Å². The normalized spacial score (nSPS) is 23.5. The third-order valence-corrected chi connectivity index (χ3v) is 4.18. The van der Waals surface area contributed by atoms with Gasteiger partial charge in [0.15, 0.2) is 12.5 Å². The van der Waals surface area contributed by atoms with Crippen molar-refractivity contribution in [3.05, 3.63) is 12.0 Å². The fourth-order valence-electron chi connectivity index (χ4n) is 2.79. The summed E-state index contributed by atoms with van der Waals surface area (Å²) in [5.74, 6) is -0.220. The van der Waals surface area contributed by atoms with Crippen LogP contribution >= 0.6 is 0 Å². The largest absolute Gasteiger partial charge is 0.442 e. The van der Waals surface area contributed by atoms with E-state index in [1.165, 1.54) is 11.0 Å². The molecule has 1 saturated heterocycles. The van der Waals surface area contributed by atoms with Crippen molar-refractivity contribution in [2.75, 3.05) is 12.3 Å². The number of aliphatic hydroxyl groups is 2. The number of nitrogen functional groups attached to an aromatic ring is 1. The van der Waals surface area contributed by atoms with E-state index >= 15 is 0 Å². The van der Waals surface area contributed by atoms with E-state index in [0.717, 1.165) is 0 Å². The molecule has 1 aliphatic heterocycles. The summed E-state index contributed by atoms with van der Waals surface area (Å²) in [4.78, 5) is 20.2. The first-order valence-electron chi connectivity index (χ1n) is 8.31. The summed E-state index contributed by atoms with van der Waals surface area (Å²) in [5.41, 5.74) is 6.46. The molecule has 0 aliphatic carbocycles. The topological polar surface area (TPSA) is 146 Å². The van der Waals surface area contributed by atoms with Crippen LogP contribution in [-0.2, 0) is 21.0 Å². The van der Waals surface area contributed by atoms with Crippen LogP contribution in [0, 0.1) is 5.41 Å². The van der Waals surface area contributed by atoms with Crippen molar-refractivity contribution in [3.8, 4) is 0 Å². The lowest BCUT2D eigenvalue weighted by Gasteiger charge is -2.16. The molecule has 0 bridgehead atoms. The number of aromatic nitrogens is 4. The van der Waals surface area contributed by atoms with Crippen LogP contribution in [0.1, 0.15) is 39.0 Å². The number of esters is 1. The predicted octanol–water partition coefficient (Wildman–Crippen LogP) is 0.138. The second kappa shape index (κ2) is 6.78. The van der Waals surface area contributed by atoms with E-state index < -0.39 is 29.7 Å². The van der Waals surface area contributed by atoms with Crippen LogP contribution < -0.4 is 5.73 Å². The molecule has 0 amide bonds. The minimum atomic E-state index is -0.841. The zero-order valence-corrected chi connectivity index (χ0v) is 14.9. The molecule has 0 aromatic carbocycles. The molecule has 0 radical (unpaired) electrons. The van der Waals surface area contributed by atoms with Gasteiger partial charge in [0.2, 0.25) is 0 Å². The van der Waals surface area contributed by atoms with Crippen LogP contribution in [-0.4, -0.2) is 54.7 Å². The Morgan fingerprint density at radius 3 is 2.81 bits per heavy atom. The lowest BCUT2D eigenvalue weighted by molar-refractivity contribution is -0.157. The van der Waals surface area contributed by atoms with Crippen LogP contribution in [0.2, 0.25) is 0 Å². The number of nitrogens with two attached hydrogens (primary N) is 1. The zero-order valence-electron chi connectivity index (χ0n) is 14.9. The molecule has 1 aliphatic rings. The van der Waals surface area contributed by atoms with Gasteiger partial charge in [0.05, 0.1) is 24.2 Å². The van der Waals surface area contributed by atoms with E-state index in [1.807, 2.05) is 0 Å². The van der Waals surface area contributed by atoms with Crippen LogP contribution in [0.25, 0.3) is 11.0 Å². The predicted molar refractivity (Wildman–Crippen MR) is 90.6 cm³/mol. The van der Waals surface area contributed by atoms with Gasteiger partial charge in [-0.3, -0.25) is 4.79 Å². The van der Waals surface area contributed by atoms with E-state index in [9.17, 15) is 15.0 Å². The Hall–Kier alpha value is -2.30. The molecule has 4 N–H and O–H groups in total. The minimum Gasteiger partial charge on any atom is -0.442 e. The number of hydrogen-bond donors (Lipinski definition) is 3. The van der Waals surface area contributed by atoms with Crippen molar-refractivity contribution in [2.45, 2.75) is 52.2 Å². The van der Waals surface area contributed by atoms with Crippen molar-refractivity contribution in [2.24, 2.45) is 5.41 Å². The highest BCUT2D eigenvalue weighted by Gasteiger charge is 2.38. The summed E-state index contributed by atoms with van der Waals surface area (Å²) >= 11 is 0. The lowest BCUT2D eigenvalue weighted by Crippen LogP contribution is -2.24. The molecule has 0 unspecified atom stereocenters. The smallest absolute Gasteiger partial charge is 0.313 e. The molecule has 2 aromatic heterocycles. The quantitative estimate of drug-likeness (QED) is 0.644. The Labute approximate surface area is 149 Å². The fourth-order valence-corrected chi connectivity index (χ4v) is 2.79. The third-order valence-electron chi connectivity index (χ3n) is 4.18. The van der Waals surface area contributed by atoms with Gasteiger partial charge in [-0.25, -0.2) is 14.6 Å². The van der Waals surface area contributed by atoms with E-state index in [-0.39, 0.29) is 25.6 Å². The highest BCUT2D eigenvalue weighted by atomic mass is 16.5. The summed E-state index contributed by atoms with van der Waals surface area (Å²) in [6.45, 7) is 4.87. The van der Waals surface area contributed by atoms with Gasteiger partial charge in [0.25, 0.3) is 0 Å². The number of anilines is 1. The molecule has 0 saturated carbocycles. The fraction of sp³-hybridized carbons (Fsp3) is 0.625. The van der Waals surface area contributed by atoms with Gasteiger partial charge in [-0.2, -0.15) is 5.10 Å². The Bertz CT molecular complexity index is 815. The maximum Gasteiger partial charge on any atom is 0.313 e. The van der Waals surface area contributed by atoms with Crippen LogP contribution in [0.4, 0.5) is 5.82 Å². The van der Waals surface area contributed by atoms with Crippen molar-refractivity contribution in [3.63, 3.8) is 0 Å². The monoisotopic (exact) mass is 365 g/mol. The number of carbonyl (C=O) groups excluding carboxylic acids is 1. The van der Waals surface area contributed by atoms with Crippen molar-refractivity contribution >= 4 is 22.8 Å². The van der Waals surface area contributed by atoms with Crippen molar-refractivity contribution in [1.82, 2.24) is 19.7 Å². The molecule has 3 rings (SSSR count). The molecule has 3 atom stereocenters. The van der Waals surface area contributed by atoms with E-state index in [0.29, 0.717) is 16.7 Å². The first kappa shape index (κ1) is 18.5. The number of carbonyl (C=O) groups is 1. The lowest BCUT2D eigenvalue weighted by atomic mass is 9.98. The zero-order chi connectivity index (χ0) is 19.1. The summed E-state index contributed by atoms with van der Waals surface area (Å²) in [6.07, 6.45) is -0.502. The maximum absolute atomic E-state index is 12.0. The average molecular weight is 365 g/mol. The first-order chi connectivity index (χ1) is 12.2. The SMILES string of the molecule is CC(C)(C)C(=O)OCn1nc([C@@H]2O[C@H](CO)C[C@H]2O)c2ncnc(N)c21. The first-order valence-corrected chi connectivity index (χ1v) is 8.31. The summed E-state index contributed by atoms with van der Waals surface area (Å²) in [5, 5.41) is 23.9. The van der Waals surface area contributed by atoms with Gasteiger partial charge in [-0.1, -0.05) is 0 Å². The maximum atomic E-state index is 12.0. The molecule has 142 valence electrons. The van der Waals surface area contributed by atoms with Gasteiger partial charge < -0.3 is 25.4 Å². The third kappa shape index (κ3) is 3.35. The second-order valence-corrected chi connectivity index (χ2v) is 7.32. The van der Waals surface area contributed by atoms with E-state index in [2.05, 4.69) is 15.1 Å². The molecule has 3 heterocycles. The van der Waals surface area contributed by atoms with Crippen molar-refractivity contribution in [1.29, 1.82) is 0 Å². The van der Waals surface area contributed by atoms with Crippen molar-refractivity contribution < 1.29 is 24.5 Å². The van der Waals surface area contributed by atoms with E-state index in [1.54, 1.807) is 20.8 Å². The molecule has 0 spiro atoms. The minimum absolute atomic E-state index is 0.170.